The summed E-state index contributed by atoms with van der Waals surface area (Å²) in [7, 11) is 0. The second-order valence-corrected chi connectivity index (χ2v) is 7.55. The summed E-state index contributed by atoms with van der Waals surface area (Å²) in [6.45, 7) is 9.99. The van der Waals surface area contributed by atoms with E-state index in [9.17, 15) is 4.79 Å². The topological polar surface area (TPSA) is 35.6 Å². The van der Waals surface area contributed by atoms with E-state index in [4.69, 9.17) is 11.6 Å². The lowest BCUT2D eigenvalue weighted by Gasteiger charge is -2.34. The van der Waals surface area contributed by atoms with Crippen LogP contribution in [0.2, 0.25) is 5.02 Å². The molecule has 2 fully saturated rings. The zero-order chi connectivity index (χ0) is 16.4. The highest BCUT2D eigenvalue weighted by Crippen LogP contribution is 2.30. The van der Waals surface area contributed by atoms with Crippen molar-refractivity contribution in [2.75, 3.05) is 39.3 Å². The minimum absolute atomic E-state index is 0. The van der Waals surface area contributed by atoms with Crippen molar-refractivity contribution in [2.45, 2.75) is 31.7 Å². The molecule has 2 aliphatic rings. The van der Waals surface area contributed by atoms with Crippen LogP contribution in [0.25, 0.3) is 0 Å². The first-order chi connectivity index (χ1) is 11.0. The third-order valence-electron chi connectivity index (χ3n) is 5.20. The molecule has 134 valence electrons. The molecule has 24 heavy (non-hydrogen) atoms. The lowest BCUT2D eigenvalue weighted by molar-refractivity contribution is -0.135. The fourth-order valence-corrected chi connectivity index (χ4v) is 3.86. The van der Waals surface area contributed by atoms with Gasteiger partial charge in [0.15, 0.2) is 0 Å². The summed E-state index contributed by atoms with van der Waals surface area (Å²) in [5.41, 5.74) is 0.448. The maximum Gasteiger partial charge on any atom is 0.232 e. The van der Waals surface area contributed by atoms with E-state index in [1.807, 2.05) is 43.0 Å². The van der Waals surface area contributed by atoms with Gasteiger partial charge in [0.25, 0.3) is 0 Å². The summed E-state index contributed by atoms with van der Waals surface area (Å²) in [6.07, 6.45) is 1.08. The predicted molar refractivity (Wildman–Crippen MR) is 101 cm³/mol. The molecule has 1 aromatic carbocycles. The number of hydrogen-bond acceptors (Lipinski definition) is 3. The van der Waals surface area contributed by atoms with E-state index in [2.05, 4.69) is 10.2 Å². The highest BCUT2D eigenvalue weighted by Gasteiger charge is 2.38. The maximum atomic E-state index is 13.1. The van der Waals surface area contributed by atoms with Crippen LogP contribution in [0.4, 0.5) is 0 Å². The summed E-state index contributed by atoms with van der Waals surface area (Å²) in [5.74, 6) is 0.206. The van der Waals surface area contributed by atoms with Crippen LogP contribution in [-0.4, -0.2) is 61.0 Å². The summed E-state index contributed by atoms with van der Waals surface area (Å²) in [6, 6.07) is 8.18. The Labute approximate surface area is 155 Å². The maximum absolute atomic E-state index is 13.1. The van der Waals surface area contributed by atoms with Crippen molar-refractivity contribution < 1.29 is 4.79 Å². The fourth-order valence-electron chi connectivity index (χ4n) is 3.67. The third kappa shape index (κ3) is 4.05. The van der Waals surface area contributed by atoms with Crippen molar-refractivity contribution in [3.05, 3.63) is 34.9 Å². The van der Waals surface area contributed by atoms with Gasteiger partial charge in [-0.2, -0.15) is 0 Å². The van der Waals surface area contributed by atoms with Crippen LogP contribution in [0.15, 0.2) is 24.3 Å². The number of carbonyl (C=O) groups excluding carboxylic acids is 1. The Hall–Kier alpha value is -0.810. The molecule has 1 N–H and O–H groups in total. The van der Waals surface area contributed by atoms with Gasteiger partial charge in [0, 0.05) is 50.3 Å². The molecule has 0 saturated carbocycles. The molecule has 0 radical (unpaired) electrons. The van der Waals surface area contributed by atoms with Crippen LogP contribution >= 0.6 is 24.0 Å². The Kier molecular flexibility index (Phi) is 6.54. The van der Waals surface area contributed by atoms with Crippen LogP contribution in [0.1, 0.15) is 25.8 Å². The number of likely N-dealkylation sites (tertiary alicyclic amines) is 1. The van der Waals surface area contributed by atoms with Crippen molar-refractivity contribution in [3.8, 4) is 0 Å². The van der Waals surface area contributed by atoms with E-state index in [1.165, 1.54) is 0 Å². The van der Waals surface area contributed by atoms with Crippen LogP contribution in [0.3, 0.4) is 0 Å². The molecular formula is C18H27Cl2N3O. The normalized spacial score (nSPS) is 22.3. The number of halogens is 2. The largest absolute Gasteiger partial charge is 0.340 e. The fraction of sp³-hybridized carbons (Fsp3) is 0.611. The van der Waals surface area contributed by atoms with Crippen molar-refractivity contribution in [1.82, 2.24) is 15.1 Å². The highest BCUT2D eigenvalue weighted by molar-refractivity contribution is 6.30. The van der Waals surface area contributed by atoms with Crippen LogP contribution < -0.4 is 5.32 Å². The Morgan fingerprint density at radius 3 is 2.62 bits per heavy atom. The second-order valence-electron chi connectivity index (χ2n) is 7.11. The summed E-state index contributed by atoms with van der Waals surface area (Å²) in [5, 5.41) is 4.07. The van der Waals surface area contributed by atoms with Crippen molar-refractivity contribution in [3.63, 3.8) is 0 Å². The SMILES string of the molecule is CC(C)(C(=O)N1CCC(N2CCNCC2)C1)c1cccc(Cl)c1.Cl. The smallest absolute Gasteiger partial charge is 0.232 e. The van der Waals surface area contributed by atoms with Gasteiger partial charge in [0.05, 0.1) is 5.41 Å². The van der Waals surface area contributed by atoms with Crippen molar-refractivity contribution in [2.24, 2.45) is 0 Å². The Morgan fingerprint density at radius 2 is 1.96 bits per heavy atom. The van der Waals surface area contributed by atoms with Crippen molar-refractivity contribution in [1.29, 1.82) is 0 Å². The number of rotatable bonds is 3. The lowest BCUT2D eigenvalue weighted by atomic mass is 9.83. The number of carbonyl (C=O) groups is 1. The zero-order valence-electron chi connectivity index (χ0n) is 14.4. The zero-order valence-corrected chi connectivity index (χ0v) is 16.0. The van der Waals surface area contributed by atoms with E-state index >= 15 is 0 Å². The van der Waals surface area contributed by atoms with Gasteiger partial charge < -0.3 is 10.2 Å². The molecule has 2 heterocycles. The van der Waals surface area contributed by atoms with Gasteiger partial charge in [0.1, 0.15) is 0 Å². The Morgan fingerprint density at radius 1 is 1.25 bits per heavy atom. The van der Waals surface area contributed by atoms with E-state index in [-0.39, 0.29) is 18.3 Å². The second kappa shape index (κ2) is 8.05. The standard InChI is InChI=1S/C18H26ClN3O.ClH/c1-18(2,14-4-3-5-15(19)12-14)17(23)22-9-6-16(13-22)21-10-7-20-8-11-21;/h3-5,12,16,20H,6-11,13H2,1-2H3;1H. The minimum Gasteiger partial charge on any atom is -0.340 e. The molecule has 1 aromatic rings. The van der Waals surface area contributed by atoms with E-state index in [1.54, 1.807) is 0 Å². The lowest BCUT2D eigenvalue weighted by Crippen LogP contribution is -2.50. The van der Waals surface area contributed by atoms with Gasteiger partial charge in [-0.05, 0) is 38.0 Å². The molecule has 6 heteroatoms. The summed E-state index contributed by atoms with van der Waals surface area (Å²) in [4.78, 5) is 17.6. The molecule has 1 unspecified atom stereocenters. The average Bonchev–Trinajstić information content (AvgIpc) is 3.05. The van der Waals surface area contributed by atoms with Gasteiger partial charge in [0.2, 0.25) is 5.91 Å². The number of nitrogens with zero attached hydrogens (tertiary/aromatic N) is 2. The molecule has 1 amide bonds. The average molecular weight is 372 g/mol. The monoisotopic (exact) mass is 371 g/mol. The molecule has 2 saturated heterocycles. The van der Waals surface area contributed by atoms with Gasteiger partial charge in [-0.3, -0.25) is 9.69 Å². The molecule has 0 spiro atoms. The number of amides is 1. The van der Waals surface area contributed by atoms with Crippen molar-refractivity contribution >= 4 is 29.9 Å². The first kappa shape index (κ1) is 19.5. The number of hydrogen-bond donors (Lipinski definition) is 1. The van der Waals surface area contributed by atoms with Crippen LogP contribution in [-0.2, 0) is 10.2 Å². The van der Waals surface area contributed by atoms with Gasteiger partial charge in [-0.1, -0.05) is 23.7 Å². The van der Waals surface area contributed by atoms with Gasteiger partial charge in [-0.25, -0.2) is 0 Å². The predicted octanol–water partition coefficient (Wildman–Crippen LogP) is 2.55. The highest BCUT2D eigenvalue weighted by atomic mass is 35.5. The number of nitrogens with one attached hydrogen (secondary N) is 1. The summed E-state index contributed by atoms with van der Waals surface area (Å²) < 4.78 is 0. The van der Waals surface area contributed by atoms with E-state index in [0.717, 1.165) is 51.3 Å². The first-order valence-electron chi connectivity index (χ1n) is 8.48. The molecule has 1 atom stereocenters. The molecule has 3 rings (SSSR count). The Balaban J connectivity index is 0.00000208. The summed E-state index contributed by atoms with van der Waals surface area (Å²) >= 11 is 6.10. The Bertz CT molecular complexity index is 573. The van der Waals surface area contributed by atoms with Crippen LogP contribution in [0.5, 0.6) is 0 Å². The third-order valence-corrected chi connectivity index (χ3v) is 5.43. The van der Waals surface area contributed by atoms with Gasteiger partial charge >= 0.3 is 0 Å². The van der Waals surface area contributed by atoms with Crippen LogP contribution in [0, 0.1) is 0 Å². The minimum atomic E-state index is -0.538. The molecule has 4 nitrogen and oxygen atoms in total. The van der Waals surface area contributed by atoms with Gasteiger partial charge in [-0.15, -0.1) is 12.4 Å². The molecular weight excluding hydrogens is 345 g/mol. The first-order valence-corrected chi connectivity index (χ1v) is 8.86. The quantitative estimate of drug-likeness (QED) is 0.886. The molecule has 2 aliphatic heterocycles. The molecule has 0 bridgehead atoms. The van der Waals surface area contributed by atoms with E-state index in [0.29, 0.717) is 11.1 Å². The molecule has 0 aromatic heterocycles. The number of piperazine rings is 1. The number of benzene rings is 1. The molecule has 0 aliphatic carbocycles. The van der Waals surface area contributed by atoms with E-state index < -0.39 is 5.41 Å².